The van der Waals surface area contributed by atoms with Crippen LogP contribution >= 0.6 is 11.6 Å². The van der Waals surface area contributed by atoms with E-state index in [1.807, 2.05) is 6.92 Å². The van der Waals surface area contributed by atoms with Gasteiger partial charge in [-0.3, -0.25) is 14.9 Å². The Morgan fingerprint density at radius 2 is 1.78 bits per heavy atom. The van der Waals surface area contributed by atoms with Gasteiger partial charge in [0, 0.05) is 22.7 Å². The Balaban J connectivity index is 1.64. The predicted molar refractivity (Wildman–Crippen MR) is 122 cm³/mol. The summed E-state index contributed by atoms with van der Waals surface area (Å²) in [5, 5.41) is 15.3. The Labute approximate surface area is 189 Å². The SMILES string of the molecule is CCOc1cc(/C=N\NC(=O)c2ccc(Cl)cc2)ccc1OCc1ccc([N+](=O)[O-])cc1. The normalized spacial score (nSPS) is 10.7. The Morgan fingerprint density at radius 3 is 2.44 bits per heavy atom. The maximum atomic E-state index is 12.1. The van der Waals surface area contributed by atoms with Gasteiger partial charge in [0.2, 0.25) is 0 Å². The molecule has 0 aliphatic carbocycles. The molecule has 0 saturated carbocycles. The molecule has 0 bridgehead atoms. The van der Waals surface area contributed by atoms with Crippen LogP contribution in [0.25, 0.3) is 0 Å². The second-order valence-electron chi connectivity index (χ2n) is 6.56. The molecule has 1 amide bonds. The number of nitro benzene ring substituents is 1. The van der Waals surface area contributed by atoms with Crippen molar-refractivity contribution >= 4 is 29.4 Å². The summed E-state index contributed by atoms with van der Waals surface area (Å²) in [5.74, 6) is 0.681. The quantitative estimate of drug-likeness (QED) is 0.279. The molecule has 3 aromatic carbocycles. The highest BCUT2D eigenvalue weighted by molar-refractivity contribution is 6.30. The number of halogens is 1. The van der Waals surface area contributed by atoms with Crippen LogP contribution in [-0.4, -0.2) is 23.7 Å². The molecule has 32 heavy (non-hydrogen) atoms. The lowest BCUT2D eigenvalue weighted by atomic mass is 10.2. The fourth-order valence-electron chi connectivity index (χ4n) is 2.70. The van der Waals surface area contributed by atoms with E-state index in [1.165, 1.54) is 18.3 Å². The lowest BCUT2D eigenvalue weighted by Gasteiger charge is -2.12. The number of carbonyl (C=O) groups is 1. The fourth-order valence-corrected chi connectivity index (χ4v) is 2.82. The van der Waals surface area contributed by atoms with Crippen LogP contribution in [0, 0.1) is 10.1 Å². The highest BCUT2D eigenvalue weighted by atomic mass is 35.5. The number of nitro groups is 1. The third-order valence-electron chi connectivity index (χ3n) is 4.30. The van der Waals surface area contributed by atoms with Crippen molar-refractivity contribution < 1.29 is 19.2 Å². The third-order valence-corrected chi connectivity index (χ3v) is 4.55. The average Bonchev–Trinajstić information content (AvgIpc) is 2.79. The number of ether oxygens (including phenoxy) is 2. The van der Waals surface area contributed by atoms with Crippen LogP contribution in [-0.2, 0) is 6.61 Å². The smallest absolute Gasteiger partial charge is 0.271 e. The van der Waals surface area contributed by atoms with E-state index in [4.69, 9.17) is 21.1 Å². The van der Waals surface area contributed by atoms with E-state index in [0.29, 0.717) is 34.3 Å². The highest BCUT2D eigenvalue weighted by Crippen LogP contribution is 2.29. The number of hydrazone groups is 1. The van der Waals surface area contributed by atoms with Crippen molar-refractivity contribution in [1.82, 2.24) is 5.43 Å². The van der Waals surface area contributed by atoms with E-state index in [9.17, 15) is 14.9 Å². The van der Waals surface area contributed by atoms with Crippen molar-refractivity contribution in [3.63, 3.8) is 0 Å². The van der Waals surface area contributed by atoms with Crippen molar-refractivity contribution in [2.45, 2.75) is 13.5 Å². The first kappa shape index (κ1) is 22.8. The van der Waals surface area contributed by atoms with Gasteiger partial charge in [0.1, 0.15) is 6.61 Å². The molecular weight excluding hydrogens is 434 g/mol. The Morgan fingerprint density at radius 1 is 1.06 bits per heavy atom. The summed E-state index contributed by atoms with van der Waals surface area (Å²) in [5.41, 5.74) is 4.41. The number of hydrogen-bond acceptors (Lipinski definition) is 6. The molecule has 0 atom stereocenters. The van der Waals surface area contributed by atoms with Crippen molar-refractivity contribution in [1.29, 1.82) is 0 Å². The van der Waals surface area contributed by atoms with E-state index in [2.05, 4.69) is 10.5 Å². The minimum Gasteiger partial charge on any atom is -0.490 e. The Kier molecular flexibility index (Phi) is 7.77. The summed E-state index contributed by atoms with van der Waals surface area (Å²) in [6.45, 7) is 2.51. The standard InChI is InChI=1S/C23H20ClN3O5/c1-2-31-22-13-17(14-25-26-23(28)18-6-8-19(24)9-7-18)5-12-21(22)32-15-16-3-10-20(11-4-16)27(29)30/h3-14H,2,15H2,1H3,(H,26,28)/b25-14-. The van der Waals surface area contributed by atoms with E-state index >= 15 is 0 Å². The molecule has 0 aliphatic rings. The number of non-ortho nitro benzene ring substituents is 1. The van der Waals surface area contributed by atoms with Gasteiger partial charge in [-0.2, -0.15) is 5.10 Å². The highest BCUT2D eigenvalue weighted by Gasteiger charge is 2.09. The van der Waals surface area contributed by atoms with E-state index in [-0.39, 0.29) is 18.2 Å². The minimum absolute atomic E-state index is 0.0237. The van der Waals surface area contributed by atoms with E-state index in [1.54, 1.807) is 54.6 Å². The number of benzene rings is 3. The molecule has 8 nitrogen and oxygen atoms in total. The maximum Gasteiger partial charge on any atom is 0.271 e. The monoisotopic (exact) mass is 453 g/mol. The fraction of sp³-hybridized carbons (Fsp3) is 0.130. The summed E-state index contributed by atoms with van der Waals surface area (Å²) >= 11 is 5.82. The van der Waals surface area contributed by atoms with Gasteiger partial charge in [-0.25, -0.2) is 5.43 Å². The van der Waals surface area contributed by atoms with Gasteiger partial charge in [-0.05, 0) is 72.6 Å². The number of carbonyl (C=O) groups excluding carboxylic acids is 1. The van der Waals surface area contributed by atoms with E-state index in [0.717, 1.165) is 5.56 Å². The molecule has 3 rings (SSSR count). The largest absolute Gasteiger partial charge is 0.490 e. The molecule has 0 aromatic heterocycles. The number of rotatable bonds is 9. The molecule has 0 radical (unpaired) electrons. The van der Waals surface area contributed by atoms with Crippen LogP contribution in [0.3, 0.4) is 0 Å². The van der Waals surface area contributed by atoms with Crippen LogP contribution < -0.4 is 14.9 Å². The number of nitrogens with one attached hydrogen (secondary N) is 1. The second-order valence-corrected chi connectivity index (χ2v) is 6.99. The zero-order chi connectivity index (χ0) is 22.9. The first-order valence-corrected chi connectivity index (χ1v) is 10.1. The maximum absolute atomic E-state index is 12.1. The van der Waals surface area contributed by atoms with Crippen LogP contribution in [0.15, 0.2) is 71.8 Å². The lowest BCUT2D eigenvalue weighted by Crippen LogP contribution is -2.17. The molecule has 0 heterocycles. The summed E-state index contributed by atoms with van der Waals surface area (Å²) in [4.78, 5) is 22.4. The van der Waals surface area contributed by atoms with Crippen LogP contribution in [0.4, 0.5) is 5.69 Å². The average molecular weight is 454 g/mol. The van der Waals surface area contributed by atoms with Crippen molar-refractivity contribution in [3.05, 3.63) is 98.6 Å². The Hall–Kier alpha value is -3.91. The van der Waals surface area contributed by atoms with Gasteiger partial charge >= 0.3 is 0 Å². The molecule has 9 heteroatoms. The minimum atomic E-state index is -0.448. The predicted octanol–water partition coefficient (Wildman–Crippen LogP) is 4.99. The summed E-state index contributed by atoms with van der Waals surface area (Å²) in [7, 11) is 0. The topological polar surface area (TPSA) is 103 Å². The van der Waals surface area contributed by atoms with Crippen LogP contribution in [0.5, 0.6) is 11.5 Å². The van der Waals surface area contributed by atoms with Gasteiger partial charge in [0.15, 0.2) is 11.5 Å². The second kappa shape index (κ2) is 10.9. The number of hydrogen-bond donors (Lipinski definition) is 1. The molecule has 0 spiro atoms. The zero-order valence-corrected chi connectivity index (χ0v) is 17.9. The Bertz CT molecular complexity index is 1120. The molecule has 0 fully saturated rings. The van der Waals surface area contributed by atoms with Crippen LogP contribution in [0.2, 0.25) is 5.02 Å². The van der Waals surface area contributed by atoms with E-state index < -0.39 is 4.92 Å². The molecule has 0 saturated heterocycles. The van der Waals surface area contributed by atoms with Gasteiger partial charge in [0.05, 0.1) is 17.7 Å². The third kappa shape index (κ3) is 6.29. The van der Waals surface area contributed by atoms with Gasteiger partial charge in [-0.15, -0.1) is 0 Å². The first-order chi connectivity index (χ1) is 15.5. The molecule has 3 aromatic rings. The van der Waals surface area contributed by atoms with Gasteiger partial charge < -0.3 is 9.47 Å². The molecule has 0 unspecified atom stereocenters. The molecule has 1 N–H and O–H groups in total. The molecule has 0 aliphatic heterocycles. The van der Waals surface area contributed by atoms with Crippen LogP contribution in [0.1, 0.15) is 28.4 Å². The number of amides is 1. The number of nitrogens with zero attached hydrogens (tertiary/aromatic N) is 2. The van der Waals surface area contributed by atoms with Crippen molar-refractivity contribution in [2.75, 3.05) is 6.61 Å². The molecular formula is C23H20ClN3O5. The summed E-state index contributed by atoms with van der Waals surface area (Å²) < 4.78 is 11.5. The van der Waals surface area contributed by atoms with Crippen molar-refractivity contribution in [3.8, 4) is 11.5 Å². The van der Waals surface area contributed by atoms with Gasteiger partial charge in [-0.1, -0.05) is 11.6 Å². The first-order valence-electron chi connectivity index (χ1n) is 9.68. The summed E-state index contributed by atoms with van der Waals surface area (Å²) in [6, 6.07) is 17.9. The zero-order valence-electron chi connectivity index (χ0n) is 17.2. The van der Waals surface area contributed by atoms with Crippen molar-refractivity contribution in [2.24, 2.45) is 5.10 Å². The lowest BCUT2D eigenvalue weighted by molar-refractivity contribution is -0.384. The van der Waals surface area contributed by atoms with Gasteiger partial charge in [0.25, 0.3) is 11.6 Å². The summed E-state index contributed by atoms with van der Waals surface area (Å²) in [6.07, 6.45) is 1.50. The molecule has 164 valence electrons.